The fourth-order valence-electron chi connectivity index (χ4n) is 2.74. The van der Waals surface area contributed by atoms with Gasteiger partial charge in [0.05, 0.1) is 11.4 Å². The van der Waals surface area contributed by atoms with Gasteiger partial charge in [0.25, 0.3) is 0 Å². The number of nitrogens with one attached hydrogen (secondary N) is 2. The summed E-state index contributed by atoms with van der Waals surface area (Å²) in [6.45, 7) is 0. The van der Waals surface area contributed by atoms with Crippen molar-refractivity contribution in [1.82, 2.24) is 20.4 Å². The maximum absolute atomic E-state index is 13.0. The van der Waals surface area contributed by atoms with E-state index >= 15 is 0 Å². The van der Waals surface area contributed by atoms with E-state index in [-0.39, 0.29) is 40.4 Å². The van der Waals surface area contributed by atoms with E-state index in [0.29, 0.717) is 22.5 Å². The molecule has 160 valence electrons. The van der Waals surface area contributed by atoms with Gasteiger partial charge in [0.15, 0.2) is 28.8 Å². The molecule has 10 N–H and O–H groups in total. The molecule has 2 aromatic carbocycles. The van der Waals surface area contributed by atoms with E-state index in [4.69, 9.17) is 22.9 Å². The summed E-state index contributed by atoms with van der Waals surface area (Å²) in [4.78, 5) is 13.0. The topological polar surface area (TPSA) is 228 Å². The Bertz CT molecular complexity index is 1210. The van der Waals surface area contributed by atoms with Gasteiger partial charge in [-0.1, -0.05) is 24.3 Å². The predicted octanol–water partition coefficient (Wildman–Crippen LogP) is 3.52. The van der Waals surface area contributed by atoms with Gasteiger partial charge in [0.2, 0.25) is 0 Å². The standard InChI is InChI=1S/C19H18N12O/c20-16-13(17(21)29-28-16)26-24-11-5-1-3-9(7-11)15(32)10-4-2-6-12(8-10)25-27-14-18(22)30-31-19(14)23/h1-8H,(H5,20,21,28,29)(H5,22,23,30,31)/b26-24+,27-25+. The van der Waals surface area contributed by atoms with Crippen molar-refractivity contribution in [3.63, 3.8) is 0 Å². The van der Waals surface area contributed by atoms with Crippen molar-refractivity contribution in [2.45, 2.75) is 0 Å². The van der Waals surface area contributed by atoms with Crippen LogP contribution < -0.4 is 22.9 Å². The number of azo groups is 2. The molecule has 4 rings (SSSR count). The number of carbonyl (C=O) groups is 1. The Hall–Kier alpha value is -5.07. The van der Waals surface area contributed by atoms with E-state index in [1.54, 1.807) is 48.5 Å². The molecule has 0 saturated heterocycles. The summed E-state index contributed by atoms with van der Waals surface area (Å²) in [7, 11) is 0. The fourth-order valence-corrected chi connectivity index (χ4v) is 2.74. The number of hydrogen-bond acceptors (Lipinski definition) is 11. The SMILES string of the molecule is Nc1n[nH]c(N)c1/N=N/c1cccc(C(=O)c2cccc(/N=N/c3c(N)n[nH]c3N)c2)c1. The number of aromatic nitrogens is 4. The molecule has 0 unspecified atom stereocenters. The van der Waals surface area contributed by atoms with Crippen molar-refractivity contribution in [1.29, 1.82) is 0 Å². The summed E-state index contributed by atoms with van der Waals surface area (Å²) >= 11 is 0. The molecule has 13 nitrogen and oxygen atoms in total. The van der Waals surface area contributed by atoms with Gasteiger partial charge in [-0.2, -0.15) is 20.4 Å². The number of aromatic amines is 2. The van der Waals surface area contributed by atoms with Crippen LogP contribution >= 0.6 is 0 Å². The van der Waals surface area contributed by atoms with Gasteiger partial charge >= 0.3 is 0 Å². The second-order valence-corrected chi connectivity index (χ2v) is 6.57. The largest absolute Gasteiger partial charge is 0.382 e. The van der Waals surface area contributed by atoms with Crippen molar-refractivity contribution < 1.29 is 4.79 Å². The minimum atomic E-state index is -0.233. The molecule has 0 aliphatic heterocycles. The molecule has 0 radical (unpaired) electrons. The van der Waals surface area contributed by atoms with Crippen LogP contribution in [0.5, 0.6) is 0 Å². The van der Waals surface area contributed by atoms with E-state index in [0.717, 1.165) is 0 Å². The number of ketones is 1. The normalized spacial score (nSPS) is 11.5. The second kappa shape index (κ2) is 8.35. The summed E-state index contributed by atoms with van der Waals surface area (Å²) in [6.07, 6.45) is 0. The van der Waals surface area contributed by atoms with Gasteiger partial charge in [0.1, 0.15) is 11.6 Å². The first kappa shape index (κ1) is 20.2. The lowest BCUT2D eigenvalue weighted by Gasteiger charge is -2.03. The van der Waals surface area contributed by atoms with Crippen molar-refractivity contribution in [3.05, 3.63) is 59.7 Å². The molecule has 0 saturated carbocycles. The first-order chi connectivity index (χ1) is 15.4. The number of nitrogens with zero attached hydrogens (tertiary/aromatic N) is 6. The van der Waals surface area contributed by atoms with E-state index in [1.165, 1.54) is 0 Å². The van der Waals surface area contributed by atoms with E-state index in [2.05, 4.69) is 40.9 Å². The average Bonchev–Trinajstić information content (AvgIpc) is 3.30. The number of nitrogen functional groups attached to an aromatic ring is 4. The molecular weight excluding hydrogens is 412 g/mol. The van der Waals surface area contributed by atoms with Gasteiger partial charge in [-0.25, -0.2) is 0 Å². The summed E-state index contributed by atoms with van der Waals surface area (Å²) in [6, 6.07) is 13.3. The van der Waals surface area contributed by atoms with Crippen LogP contribution in [0.15, 0.2) is 69.0 Å². The van der Waals surface area contributed by atoms with Crippen LogP contribution in [0.4, 0.5) is 46.0 Å². The van der Waals surface area contributed by atoms with E-state index in [1.807, 2.05) is 0 Å². The molecule has 0 fully saturated rings. The minimum Gasteiger partial charge on any atom is -0.382 e. The Morgan fingerprint density at radius 1 is 0.688 bits per heavy atom. The van der Waals surface area contributed by atoms with Crippen molar-refractivity contribution in [2.75, 3.05) is 22.9 Å². The Balaban J connectivity index is 1.56. The Labute approximate surface area is 180 Å². The monoisotopic (exact) mass is 430 g/mol. The van der Waals surface area contributed by atoms with Crippen molar-refractivity contribution in [2.24, 2.45) is 20.5 Å². The summed E-state index contributed by atoms with van der Waals surface area (Å²) in [5.74, 6) is 0.419. The highest BCUT2D eigenvalue weighted by molar-refractivity contribution is 6.09. The molecule has 0 bridgehead atoms. The number of hydrogen-bond donors (Lipinski definition) is 6. The molecule has 2 aromatic heterocycles. The smallest absolute Gasteiger partial charge is 0.193 e. The highest BCUT2D eigenvalue weighted by Gasteiger charge is 2.12. The van der Waals surface area contributed by atoms with Crippen molar-refractivity contribution in [3.8, 4) is 0 Å². The van der Waals surface area contributed by atoms with Crippen LogP contribution in [0.3, 0.4) is 0 Å². The molecule has 4 aromatic rings. The number of anilines is 4. The molecule has 32 heavy (non-hydrogen) atoms. The zero-order valence-electron chi connectivity index (χ0n) is 16.5. The molecule has 0 aliphatic carbocycles. The van der Waals surface area contributed by atoms with Gasteiger partial charge in [0, 0.05) is 11.1 Å². The van der Waals surface area contributed by atoms with Gasteiger partial charge < -0.3 is 22.9 Å². The first-order valence-corrected chi connectivity index (χ1v) is 9.19. The molecule has 0 amide bonds. The third-order valence-electron chi connectivity index (χ3n) is 4.34. The van der Waals surface area contributed by atoms with E-state index < -0.39 is 0 Å². The van der Waals surface area contributed by atoms with Gasteiger partial charge in [-0.05, 0) is 24.3 Å². The zero-order chi connectivity index (χ0) is 22.7. The van der Waals surface area contributed by atoms with E-state index in [9.17, 15) is 4.79 Å². The molecule has 2 heterocycles. The zero-order valence-corrected chi connectivity index (χ0v) is 16.5. The maximum Gasteiger partial charge on any atom is 0.193 e. The van der Waals surface area contributed by atoms with Gasteiger partial charge in [-0.15, -0.1) is 10.2 Å². The average molecular weight is 430 g/mol. The lowest BCUT2D eigenvalue weighted by Crippen LogP contribution is -2.00. The second-order valence-electron chi connectivity index (χ2n) is 6.57. The highest BCUT2D eigenvalue weighted by atomic mass is 16.1. The van der Waals surface area contributed by atoms with Crippen LogP contribution in [0.1, 0.15) is 15.9 Å². The molecule has 13 heteroatoms. The fraction of sp³-hybridized carbons (Fsp3) is 0. The van der Waals surface area contributed by atoms with Gasteiger partial charge in [-0.3, -0.25) is 15.0 Å². The summed E-state index contributed by atoms with van der Waals surface area (Å²) in [5.41, 5.74) is 24.9. The molecule has 0 aliphatic rings. The third-order valence-corrected chi connectivity index (χ3v) is 4.34. The van der Waals surface area contributed by atoms with Crippen LogP contribution in [0.25, 0.3) is 0 Å². The Kier molecular flexibility index (Phi) is 5.27. The summed E-state index contributed by atoms with van der Waals surface area (Å²) < 4.78 is 0. The maximum atomic E-state index is 13.0. The Morgan fingerprint density at radius 3 is 1.50 bits per heavy atom. The highest BCUT2D eigenvalue weighted by Crippen LogP contribution is 2.30. The van der Waals surface area contributed by atoms with Crippen LogP contribution in [0.2, 0.25) is 0 Å². The Morgan fingerprint density at radius 2 is 1.12 bits per heavy atom. The number of H-pyrrole nitrogens is 2. The number of rotatable bonds is 6. The number of benzene rings is 2. The molecule has 0 spiro atoms. The molecule has 0 atom stereocenters. The lowest BCUT2D eigenvalue weighted by atomic mass is 10.0. The minimum absolute atomic E-state index is 0.128. The van der Waals surface area contributed by atoms with Crippen molar-refractivity contribution >= 4 is 51.8 Å². The number of carbonyl (C=O) groups excluding carboxylic acids is 1. The van der Waals surface area contributed by atoms with Crippen LogP contribution in [-0.4, -0.2) is 26.2 Å². The predicted molar refractivity (Wildman–Crippen MR) is 119 cm³/mol. The quantitative estimate of drug-likeness (QED) is 0.196. The lowest BCUT2D eigenvalue weighted by molar-refractivity contribution is 0.103. The van der Waals surface area contributed by atoms with Crippen LogP contribution in [0, 0.1) is 0 Å². The number of nitrogens with two attached hydrogens (primary N) is 4. The first-order valence-electron chi connectivity index (χ1n) is 9.19. The summed E-state index contributed by atoms with van der Waals surface area (Å²) in [5, 5.41) is 28.7. The molecular formula is C19H18N12O. The van der Waals surface area contributed by atoms with Crippen LogP contribution in [-0.2, 0) is 0 Å². The third kappa shape index (κ3) is 4.11.